The Labute approximate surface area is 114 Å². The van der Waals surface area contributed by atoms with Crippen LogP contribution < -0.4 is 11.2 Å². The molecule has 0 aliphatic heterocycles. The van der Waals surface area contributed by atoms with Gasteiger partial charge >= 0.3 is 5.69 Å². The molecule has 1 aromatic carbocycles. The maximum atomic E-state index is 11.8. The number of unbranched alkanes of at least 4 members (excludes halogenated alkanes) is 1. The highest BCUT2D eigenvalue weighted by Crippen LogP contribution is 2.20. The van der Waals surface area contributed by atoms with Crippen LogP contribution in [0.25, 0.3) is 10.9 Å². The number of benzene rings is 1. The van der Waals surface area contributed by atoms with Crippen LogP contribution in [0, 0.1) is 0 Å². The second kappa shape index (κ2) is 5.22. The van der Waals surface area contributed by atoms with Crippen molar-refractivity contribution in [3.63, 3.8) is 0 Å². The summed E-state index contributed by atoms with van der Waals surface area (Å²) in [6.45, 7) is 1.96. The molecule has 20 heavy (non-hydrogen) atoms. The molecule has 0 saturated carbocycles. The minimum atomic E-state index is -4.41. The summed E-state index contributed by atoms with van der Waals surface area (Å²) in [6, 6.07) is 2.33. The summed E-state index contributed by atoms with van der Waals surface area (Å²) in [4.78, 5) is 27.3. The topological polar surface area (TPSA) is 120 Å². The maximum Gasteiger partial charge on any atom is 0.326 e. The lowest BCUT2D eigenvalue weighted by Crippen LogP contribution is -2.23. The molecule has 2 aromatic rings. The van der Waals surface area contributed by atoms with Gasteiger partial charge in [0, 0.05) is 0 Å². The second-order valence-corrected chi connectivity index (χ2v) is 5.91. The van der Waals surface area contributed by atoms with E-state index in [0.717, 1.165) is 18.9 Å². The minimum Gasteiger partial charge on any atom is -0.307 e. The van der Waals surface area contributed by atoms with Gasteiger partial charge in [0.1, 0.15) is 0 Å². The molecule has 108 valence electrons. The van der Waals surface area contributed by atoms with Gasteiger partial charge in [-0.15, -0.1) is 0 Å². The lowest BCUT2D eigenvalue weighted by Gasteiger charge is -2.07. The third-order valence-corrected chi connectivity index (χ3v) is 3.83. The molecule has 0 radical (unpaired) electrons. The van der Waals surface area contributed by atoms with E-state index in [1.807, 2.05) is 11.9 Å². The fourth-order valence-electron chi connectivity index (χ4n) is 2.03. The quantitative estimate of drug-likeness (QED) is 0.721. The number of H-pyrrole nitrogens is 2. The van der Waals surface area contributed by atoms with Gasteiger partial charge in [-0.25, -0.2) is 4.79 Å². The Morgan fingerprint density at radius 1 is 1.20 bits per heavy atom. The van der Waals surface area contributed by atoms with Gasteiger partial charge in [0.25, 0.3) is 15.7 Å². The number of aromatic nitrogens is 2. The fraction of sp³-hybridized carbons (Fsp3) is 0.333. The molecule has 0 atom stereocenters. The molecule has 7 nitrogen and oxygen atoms in total. The SMILES string of the molecule is CCCCc1cc(S(=O)(=O)O)cc2c(=O)[nH]c(=O)[nH]c12. The number of hydrogen-bond acceptors (Lipinski definition) is 4. The van der Waals surface area contributed by atoms with Crippen LogP contribution in [0.15, 0.2) is 26.6 Å². The van der Waals surface area contributed by atoms with E-state index in [9.17, 15) is 18.0 Å². The van der Waals surface area contributed by atoms with Crippen LogP contribution in [0.3, 0.4) is 0 Å². The van der Waals surface area contributed by atoms with Crippen molar-refractivity contribution in [1.29, 1.82) is 0 Å². The molecule has 0 aliphatic rings. The standard InChI is InChI=1S/C12H14N2O5S/c1-2-3-4-7-5-8(20(17,18)19)6-9-10(7)13-12(16)14-11(9)15/h5-6H,2-4H2,1H3,(H,17,18,19)(H2,13,14,15,16). The molecular formula is C12H14N2O5S. The van der Waals surface area contributed by atoms with Crippen molar-refractivity contribution in [2.75, 3.05) is 0 Å². The van der Waals surface area contributed by atoms with E-state index in [1.165, 1.54) is 6.07 Å². The summed E-state index contributed by atoms with van der Waals surface area (Å²) < 4.78 is 31.6. The number of fused-ring (bicyclic) bond motifs is 1. The van der Waals surface area contributed by atoms with Gasteiger partial charge in [-0.2, -0.15) is 8.42 Å². The largest absolute Gasteiger partial charge is 0.326 e. The highest BCUT2D eigenvalue weighted by molar-refractivity contribution is 7.85. The highest BCUT2D eigenvalue weighted by atomic mass is 32.2. The average Bonchev–Trinajstić information content (AvgIpc) is 2.34. The molecule has 2 rings (SSSR count). The first kappa shape index (κ1) is 14.5. The van der Waals surface area contributed by atoms with Crippen LogP contribution in [-0.2, 0) is 16.5 Å². The molecular weight excluding hydrogens is 284 g/mol. The zero-order valence-corrected chi connectivity index (χ0v) is 11.6. The van der Waals surface area contributed by atoms with Crippen LogP contribution in [0.5, 0.6) is 0 Å². The van der Waals surface area contributed by atoms with Crippen molar-refractivity contribution in [3.05, 3.63) is 38.5 Å². The second-order valence-electron chi connectivity index (χ2n) is 4.49. The Morgan fingerprint density at radius 3 is 2.50 bits per heavy atom. The van der Waals surface area contributed by atoms with Gasteiger partial charge in [-0.3, -0.25) is 14.3 Å². The van der Waals surface area contributed by atoms with E-state index in [-0.39, 0.29) is 10.3 Å². The van der Waals surface area contributed by atoms with Crippen LogP contribution >= 0.6 is 0 Å². The van der Waals surface area contributed by atoms with Crippen molar-refractivity contribution < 1.29 is 13.0 Å². The Balaban J connectivity index is 2.85. The maximum absolute atomic E-state index is 11.8. The summed E-state index contributed by atoms with van der Waals surface area (Å²) in [5.41, 5.74) is -0.522. The summed E-state index contributed by atoms with van der Waals surface area (Å²) in [5.74, 6) is 0. The van der Waals surface area contributed by atoms with Gasteiger partial charge in [0.2, 0.25) is 0 Å². The van der Waals surface area contributed by atoms with Crippen LogP contribution in [0.4, 0.5) is 0 Å². The Bertz CT molecular complexity index is 864. The van der Waals surface area contributed by atoms with Crippen LogP contribution in [0.1, 0.15) is 25.3 Å². The molecule has 8 heteroatoms. The third-order valence-electron chi connectivity index (χ3n) is 3.00. The number of nitrogens with one attached hydrogen (secondary N) is 2. The van der Waals surface area contributed by atoms with Gasteiger partial charge in [-0.1, -0.05) is 13.3 Å². The van der Waals surface area contributed by atoms with Crippen molar-refractivity contribution in [2.45, 2.75) is 31.1 Å². The van der Waals surface area contributed by atoms with E-state index in [0.29, 0.717) is 17.5 Å². The summed E-state index contributed by atoms with van der Waals surface area (Å²) >= 11 is 0. The van der Waals surface area contributed by atoms with E-state index in [2.05, 4.69) is 4.98 Å². The molecule has 0 unspecified atom stereocenters. The lowest BCUT2D eigenvalue weighted by atomic mass is 10.1. The minimum absolute atomic E-state index is 0.0332. The van der Waals surface area contributed by atoms with Gasteiger partial charge in [-0.05, 0) is 30.5 Å². The average molecular weight is 298 g/mol. The molecule has 0 saturated heterocycles. The first-order chi connectivity index (χ1) is 9.32. The molecule has 0 aliphatic carbocycles. The summed E-state index contributed by atoms with van der Waals surface area (Å²) in [6.07, 6.45) is 2.12. The zero-order chi connectivity index (χ0) is 14.9. The Hall–Kier alpha value is -1.93. The van der Waals surface area contributed by atoms with Gasteiger partial charge in [0.05, 0.1) is 15.8 Å². The smallest absolute Gasteiger partial charge is 0.307 e. The summed E-state index contributed by atoms with van der Waals surface area (Å²) in [5, 5.41) is 0.0332. The number of aryl methyl sites for hydroxylation is 1. The van der Waals surface area contributed by atoms with Crippen LogP contribution in [-0.4, -0.2) is 22.9 Å². The molecule has 0 bridgehead atoms. The molecule has 1 aromatic heterocycles. The first-order valence-electron chi connectivity index (χ1n) is 6.09. The highest BCUT2D eigenvalue weighted by Gasteiger charge is 2.15. The first-order valence-corrected chi connectivity index (χ1v) is 7.53. The van der Waals surface area contributed by atoms with E-state index in [1.54, 1.807) is 0 Å². The Morgan fingerprint density at radius 2 is 1.90 bits per heavy atom. The normalized spacial score (nSPS) is 11.9. The third kappa shape index (κ3) is 2.81. The van der Waals surface area contributed by atoms with Crippen molar-refractivity contribution in [2.24, 2.45) is 0 Å². The lowest BCUT2D eigenvalue weighted by molar-refractivity contribution is 0.483. The molecule has 1 heterocycles. The Kier molecular flexibility index (Phi) is 3.78. The molecule has 0 fully saturated rings. The number of aromatic amines is 2. The van der Waals surface area contributed by atoms with Crippen molar-refractivity contribution in [1.82, 2.24) is 9.97 Å². The van der Waals surface area contributed by atoms with Gasteiger partial charge in [0.15, 0.2) is 0 Å². The van der Waals surface area contributed by atoms with E-state index in [4.69, 9.17) is 4.55 Å². The summed E-state index contributed by atoms with van der Waals surface area (Å²) in [7, 11) is -4.41. The van der Waals surface area contributed by atoms with Gasteiger partial charge < -0.3 is 4.98 Å². The molecule has 0 spiro atoms. The number of hydrogen-bond donors (Lipinski definition) is 3. The predicted octanol–water partition coefficient (Wildman–Crippen LogP) is 0.806. The zero-order valence-electron chi connectivity index (χ0n) is 10.8. The molecule has 0 amide bonds. The van der Waals surface area contributed by atoms with E-state index < -0.39 is 21.4 Å². The predicted molar refractivity (Wildman–Crippen MR) is 73.6 cm³/mol. The molecule has 3 N–H and O–H groups in total. The monoisotopic (exact) mass is 298 g/mol. The number of rotatable bonds is 4. The fourth-order valence-corrected chi connectivity index (χ4v) is 2.59. The van der Waals surface area contributed by atoms with Crippen LogP contribution in [0.2, 0.25) is 0 Å². The van der Waals surface area contributed by atoms with Crippen molar-refractivity contribution >= 4 is 21.0 Å². The van der Waals surface area contributed by atoms with Crippen molar-refractivity contribution in [3.8, 4) is 0 Å². The van der Waals surface area contributed by atoms with E-state index >= 15 is 0 Å².